The molecule has 3 rings (SSSR count). The molecule has 1 N–H and O–H groups in total. The summed E-state index contributed by atoms with van der Waals surface area (Å²) in [5.41, 5.74) is 1.13. The third-order valence-electron chi connectivity index (χ3n) is 4.28. The van der Waals surface area contributed by atoms with Crippen LogP contribution in [0.1, 0.15) is 51.0 Å². The molecule has 0 radical (unpaired) electrons. The molecule has 0 spiro atoms. The van der Waals surface area contributed by atoms with Crippen molar-refractivity contribution in [3.8, 4) is 5.88 Å². The zero-order valence-corrected chi connectivity index (χ0v) is 12.8. The fraction of sp³-hybridized carbons (Fsp3) is 0.688. The molecule has 2 aliphatic carbocycles. The van der Waals surface area contributed by atoms with Crippen LogP contribution in [0.3, 0.4) is 0 Å². The number of halogens is 1. The molecule has 2 aliphatic rings. The van der Waals surface area contributed by atoms with Crippen molar-refractivity contribution in [2.45, 2.75) is 64.1 Å². The maximum Gasteiger partial charge on any atom is 0.232 e. The smallest absolute Gasteiger partial charge is 0.232 e. The second-order valence-electron chi connectivity index (χ2n) is 6.29. The van der Waals surface area contributed by atoms with Gasteiger partial charge in [-0.15, -0.1) is 0 Å². The van der Waals surface area contributed by atoms with E-state index in [1.807, 2.05) is 12.3 Å². The molecule has 3 nitrogen and oxygen atoms in total. The molecule has 0 atom stereocenters. The minimum absolute atomic E-state index is 0.284. The average molecular weight is 295 g/mol. The lowest BCUT2D eigenvalue weighted by Crippen LogP contribution is -2.23. The summed E-state index contributed by atoms with van der Waals surface area (Å²) < 4.78 is 5.96. The van der Waals surface area contributed by atoms with Gasteiger partial charge >= 0.3 is 0 Å². The van der Waals surface area contributed by atoms with Crippen LogP contribution in [0.25, 0.3) is 0 Å². The fourth-order valence-corrected chi connectivity index (χ4v) is 2.94. The average Bonchev–Trinajstić information content (AvgIpc) is 3.26. The van der Waals surface area contributed by atoms with Crippen molar-refractivity contribution in [1.82, 2.24) is 10.3 Å². The predicted molar refractivity (Wildman–Crippen MR) is 81.2 cm³/mol. The number of pyridine rings is 1. The van der Waals surface area contributed by atoms with Gasteiger partial charge < -0.3 is 10.1 Å². The number of rotatable bonds is 5. The highest BCUT2D eigenvalue weighted by atomic mass is 35.5. The number of hydrogen-bond acceptors (Lipinski definition) is 3. The van der Waals surface area contributed by atoms with Crippen molar-refractivity contribution in [3.63, 3.8) is 0 Å². The number of nitrogens with zero attached hydrogens (tertiary/aromatic N) is 1. The Morgan fingerprint density at radius 3 is 2.65 bits per heavy atom. The Morgan fingerprint density at radius 1 is 1.25 bits per heavy atom. The highest BCUT2D eigenvalue weighted by Crippen LogP contribution is 2.30. The van der Waals surface area contributed by atoms with Gasteiger partial charge in [-0.05, 0) is 56.1 Å². The molecule has 1 aromatic heterocycles. The van der Waals surface area contributed by atoms with Gasteiger partial charge in [0.2, 0.25) is 5.88 Å². The number of aromatic nitrogens is 1. The third-order valence-corrected chi connectivity index (χ3v) is 4.55. The molecule has 0 saturated heterocycles. The molecule has 20 heavy (non-hydrogen) atoms. The molecule has 0 unspecified atom stereocenters. The fourth-order valence-electron chi connectivity index (χ4n) is 2.70. The summed E-state index contributed by atoms with van der Waals surface area (Å²) in [4.78, 5) is 4.40. The second kappa shape index (κ2) is 6.31. The minimum atomic E-state index is 0.284. The number of nitrogens with one attached hydrogen (secondary N) is 1. The monoisotopic (exact) mass is 294 g/mol. The maximum atomic E-state index is 6.29. The van der Waals surface area contributed by atoms with Gasteiger partial charge in [-0.3, -0.25) is 0 Å². The van der Waals surface area contributed by atoms with E-state index < -0.39 is 0 Å². The minimum Gasteiger partial charge on any atom is -0.473 e. The first-order valence-electron chi connectivity index (χ1n) is 7.75. The molecule has 1 aromatic rings. The molecule has 0 amide bonds. The third kappa shape index (κ3) is 3.86. The summed E-state index contributed by atoms with van der Waals surface area (Å²) in [7, 11) is 0. The quantitative estimate of drug-likeness (QED) is 0.893. The highest BCUT2D eigenvalue weighted by molar-refractivity contribution is 6.31. The highest BCUT2D eigenvalue weighted by Gasteiger charge is 2.22. The van der Waals surface area contributed by atoms with E-state index in [4.69, 9.17) is 16.3 Å². The zero-order chi connectivity index (χ0) is 13.9. The van der Waals surface area contributed by atoms with Crippen molar-refractivity contribution < 1.29 is 4.74 Å². The second-order valence-corrected chi connectivity index (χ2v) is 6.69. The summed E-state index contributed by atoms with van der Waals surface area (Å²) >= 11 is 6.29. The van der Waals surface area contributed by atoms with Crippen molar-refractivity contribution in [2.24, 2.45) is 5.92 Å². The number of hydrogen-bond donors (Lipinski definition) is 1. The van der Waals surface area contributed by atoms with Crippen molar-refractivity contribution >= 4 is 11.6 Å². The molecule has 1 heterocycles. The van der Waals surface area contributed by atoms with E-state index in [0.717, 1.165) is 30.9 Å². The Morgan fingerprint density at radius 2 is 2.00 bits per heavy atom. The molecule has 2 saturated carbocycles. The Bertz CT molecular complexity index is 454. The first kappa shape index (κ1) is 14.2. The van der Waals surface area contributed by atoms with E-state index in [9.17, 15) is 0 Å². The van der Waals surface area contributed by atoms with Crippen LogP contribution in [0.5, 0.6) is 5.88 Å². The van der Waals surface area contributed by atoms with E-state index in [1.165, 1.54) is 25.7 Å². The standard InChI is InChI=1S/C16H23ClN2O/c1-11-2-6-14(7-3-11)20-16-15(17)8-12(10-19-16)9-18-13-4-5-13/h8,10-11,13-14,18H,2-7,9H2,1H3. The van der Waals surface area contributed by atoms with Gasteiger partial charge in [-0.25, -0.2) is 4.98 Å². The maximum absolute atomic E-state index is 6.29. The first-order valence-corrected chi connectivity index (χ1v) is 8.13. The van der Waals surface area contributed by atoms with Crippen LogP contribution in [0.2, 0.25) is 5.02 Å². The van der Waals surface area contributed by atoms with Gasteiger partial charge in [0.05, 0.1) is 0 Å². The Labute approximate surface area is 126 Å². The van der Waals surface area contributed by atoms with Crippen LogP contribution in [0.4, 0.5) is 0 Å². The van der Waals surface area contributed by atoms with E-state index in [1.54, 1.807) is 0 Å². The normalized spacial score (nSPS) is 26.5. The molecular formula is C16H23ClN2O. The van der Waals surface area contributed by atoms with Crippen LogP contribution in [0.15, 0.2) is 12.3 Å². The molecule has 110 valence electrons. The summed E-state index contributed by atoms with van der Waals surface area (Å²) in [5, 5.41) is 4.10. The van der Waals surface area contributed by atoms with Crippen LogP contribution in [-0.2, 0) is 6.54 Å². The van der Waals surface area contributed by atoms with Crippen molar-refractivity contribution in [3.05, 3.63) is 22.8 Å². The van der Waals surface area contributed by atoms with Gasteiger partial charge in [0.15, 0.2) is 0 Å². The van der Waals surface area contributed by atoms with E-state index in [-0.39, 0.29) is 6.10 Å². The first-order chi connectivity index (χ1) is 9.70. The lowest BCUT2D eigenvalue weighted by Gasteiger charge is -2.26. The van der Waals surface area contributed by atoms with Gasteiger partial charge in [0.25, 0.3) is 0 Å². The summed E-state index contributed by atoms with van der Waals surface area (Å²) in [5.74, 6) is 1.43. The molecular weight excluding hydrogens is 272 g/mol. The Balaban J connectivity index is 1.55. The van der Waals surface area contributed by atoms with E-state index in [2.05, 4.69) is 17.2 Å². The SMILES string of the molecule is CC1CCC(Oc2ncc(CNC3CC3)cc2Cl)CC1. The zero-order valence-electron chi connectivity index (χ0n) is 12.1. The van der Waals surface area contributed by atoms with Gasteiger partial charge in [0, 0.05) is 18.8 Å². The van der Waals surface area contributed by atoms with Crippen molar-refractivity contribution in [2.75, 3.05) is 0 Å². The summed E-state index contributed by atoms with van der Waals surface area (Å²) in [6.45, 7) is 3.15. The van der Waals surface area contributed by atoms with Crippen LogP contribution < -0.4 is 10.1 Å². The van der Waals surface area contributed by atoms with Gasteiger partial charge in [-0.1, -0.05) is 18.5 Å². The van der Waals surface area contributed by atoms with Crippen LogP contribution >= 0.6 is 11.6 Å². The Kier molecular flexibility index (Phi) is 4.47. The molecule has 4 heteroatoms. The largest absolute Gasteiger partial charge is 0.473 e. The van der Waals surface area contributed by atoms with Crippen molar-refractivity contribution in [1.29, 1.82) is 0 Å². The van der Waals surface area contributed by atoms with E-state index >= 15 is 0 Å². The van der Waals surface area contributed by atoms with Crippen LogP contribution in [0, 0.1) is 5.92 Å². The summed E-state index contributed by atoms with van der Waals surface area (Å²) in [6.07, 6.45) is 9.46. The van der Waals surface area contributed by atoms with Gasteiger partial charge in [-0.2, -0.15) is 0 Å². The molecule has 0 aliphatic heterocycles. The topological polar surface area (TPSA) is 34.1 Å². The molecule has 2 fully saturated rings. The van der Waals surface area contributed by atoms with E-state index in [0.29, 0.717) is 16.9 Å². The Hall–Kier alpha value is -0.800. The van der Waals surface area contributed by atoms with Crippen LogP contribution in [-0.4, -0.2) is 17.1 Å². The molecule has 0 aromatic carbocycles. The molecule has 0 bridgehead atoms. The summed E-state index contributed by atoms with van der Waals surface area (Å²) in [6, 6.07) is 2.68. The number of ether oxygens (including phenoxy) is 1. The van der Waals surface area contributed by atoms with Gasteiger partial charge in [0.1, 0.15) is 11.1 Å². The predicted octanol–water partition coefficient (Wildman–Crippen LogP) is 3.94. The lowest BCUT2D eigenvalue weighted by atomic mass is 9.89. The lowest BCUT2D eigenvalue weighted by molar-refractivity contribution is 0.130.